The van der Waals surface area contributed by atoms with Gasteiger partial charge in [-0.25, -0.2) is 0 Å². The first-order chi connectivity index (χ1) is 7.35. The Morgan fingerprint density at radius 3 is 2.06 bits per heavy atom. The van der Waals surface area contributed by atoms with Crippen LogP contribution in [0.3, 0.4) is 0 Å². The molecule has 1 heterocycles. The predicted octanol–water partition coefficient (Wildman–Crippen LogP) is 2.72. The Labute approximate surface area is 101 Å². The molecule has 16 heavy (non-hydrogen) atoms. The van der Waals surface area contributed by atoms with E-state index in [1.54, 1.807) is 0 Å². The van der Waals surface area contributed by atoms with Crippen LogP contribution in [0.5, 0.6) is 0 Å². The van der Waals surface area contributed by atoms with Crippen molar-refractivity contribution < 1.29 is 4.74 Å². The Morgan fingerprint density at radius 1 is 1.31 bits per heavy atom. The lowest BCUT2D eigenvalue weighted by atomic mass is 10.2. The number of allylic oxidation sites excluding steroid dienone is 1. The fourth-order valence-electron chi connectivity index (χ4n) is 1.47. The predicted molar refractivity (Wildman–Crippen MR) is 70.1 cm³/mol. The third-order valence-electron chi connectivity index (χ3n) is 2.16. The van der Waals surface area contributed by atoms with Gasteiger partial charge >= 0.3 is 0 Å². The van der Waals surface area contributed by atoms with Crippen molar-refractivity contribution >= 4 is 0 Å². The maximum Gasteiger partial charge on any atom is 0.180 e. The van der Waals surface area contributed by atoms with E-state index in [9.17, 15) is 0 Å². The maximum atomic E-state index is 5.51. The lowest BCUT2D eigenvalue weighted by molar-refractivity contribution is 0.0500. The molecule has 0 atom stereocenters. The van der Waals surface area contributed by atoms with Gasteiger partial charge in [0.1, 0.15) is 5.60 Å². The monoisotopic (exact) mass is 228 g/mol. The third kappa shape index (κ3) is 9.84. The van der Waals surface area contributed by atoms with E-state index in [1.807, 2.05) is 33.8 Å². The minimum Gasteiger partial charge on any atom is -0.474 e. The molecule has 2 N–H and O–H groups in total. The van der Waals surface area contributed by atoms with Crippen LogP contribution in [0.2, 0.25) is 0 Å². The molecule has 0 aliphatic carbocycles. The Morgan fingerprint density at radius 2 is 1.81 bits per heavy atom. The molecule has 0 aromatic carbocycles. The largest absolute Gasteiger partial charge is 0.474 e. The van der Waals surface area contributed by atoms with Crippen molar-refractivity contribution in [3.05, 3.63) is 12.0 Å². The highest BCUT2D eigenvalue weighted by Gasteiger charge is 2.10. The third-order valence-corrected chi connectivity index (χ3v) is 2.16. The Hall–Kier alpha value is -0.700. The van der Waals surface area contributed by atoms with Crippen LogP contribution in [0.15, 0.2) is 12.0 Å². The maximum absolute atomic E-state index is 5.51. The number of rotatable bonds is 2. The second-order valence-electron chi connectivity index (χ2n) is 5.24. The zero-order valence-electron chi connectivity index (χ0n) is 11.5. The Bertz CT molecular complexity index is 200. The van der Waals surface area contributed by atoms with Crippen molar-refractivity contribution in [2.24, 2.45) is 5.73 Å². The van der Waals surface area contributed by atoms with Crippen molar-refractivity contribution in [3.63, 3.8) is 0 Å². The molecule has 0 saturated carbocycles. The fraction of sp³-hybridized carbons (Fsp3) is 0.846. The molecule has 0 aromatic rings. The van der Waals surface area contributed by atoms with Gasteiger partial charge in [-0.2, -0.15) is 0 Å². The van der Waals surface area contributed by atoms with Crippen LogP contribution in [-0.4, -0.2) is 30.6 Å². The summed E-state index contributed by atoms with van der Waals surface area (Å²) < 4.78 is 5.32. The highest BCUT2D eigenvalue weighted by Crippen LogP contribution is 2.09. The van der Waals surface area contributed by atoms with Gasteiger partial charge in [-0.3, -0.25) is 0 Å². The van der Waals surface area contributed by atoms with E-state index in [0.29, 0.717) is 5.88 Å². The number of likely N-dealkylation sites (tertiary alicyclic amines) is 1. The topological polar surface area (TPSA) is 38.5 Å². The molecule has 0 amide bonds. The first-order valence-corrected chi connectivity index (χ1v) is 6.18. The van der Waals surface area contributed by atoms with Crippen molar-refractivity contribution in [1.29, 1.82) is 0 Å². The molecule has 0 spiro atoms. The summed E-state index contributed by atoms with van der Waals surface area (Å²) in [5.41, 5.74) is 5.34. The van der Waals surface area contributed by atoms with Crippen molar-refractivity contribution in [1.82, 2.24) is 4.90 Å². The summed E-state index contributed by atoms with van der Waals surface area (Å²) in [5, 5.41) is 0. The van der Waals surface area contributed by atoms with Crippen LogP contribution in [0.1, 0.15) is 47.0 Å². The number of hydrogen-bond donors (Lipinski definition) is 1. The number of nitrogens with zero attached hydrogens (tertiary/aromatic N) is 1. The van der Waals surface area contributed by atoms with Gasteiger partial charge in [0, 0.05) is 0 Å². The van der Waals surface area contributed by atoms with E-state index in [2.05, 4.69) is 11.9 Å². The SMILES string of the molecule is CC/C=C(/N)OC(C)(C)C.CN1CCCC1. The second kappa shape index (κ2) is 7.55. The quantitative estimate of drug-likeness (QED) is 0.739. The van der Waals surface area contributed by atoms with Crippen molar-refractivity contribution in [2.45, 2.75) is 52.6 Å². The van der Waals surface area contributed by atoms with Crippen molar-refractivity contribution in [2.75, 3.05) is 20.1 Å². The van der Waals surface area contributed by atoms with Crippen LogP contribution in [0.25, 0.3) is 0 Å². The van der Waals surface area contributed by atoms with E-state index in [4.69, 9.17) is 10.5 Å². The molecular formula is C13H28N2O. The van der Waals surface area contributed by atoms with E-state index in [0.717, 1.165) is 6.42 Å². The molecule has 3 heteroatoms. The highest BCUT2D eigenvalue weighted by molar-refractivity contribution is 4.87. The molecule has 0 bridgehead atoms. The Kier molecular flexibility index (Phi) is 7.22. The molecule has 3 nitrogen and oxygen atoms in total. The van der Waals surface area contributed by atoms with Crippen LogP contribution in [-0.2, 0) is 4.74 Å². The fourth-order valence-corrected chi connectivity index (χ4v) is 1.47. The first kappa shape index (κ1) is 15.3. The molecule has 1 aliphatic heterocycles. The number of ether oxygens (including phenoxy) is 1. The van der Waals surface area contributed by atoms with Crippen LogP contribution < -0.4 is 5.73 Å². The molecule has 1 aliphatic rings. The number of hydrogen-bond acceptors (Lipinski definition) is 3. The van der Waals surface area contributed by atoms with E-state index < -0.39 is 0 Å². The van der Waals surface area contributed by atoms with Gasteiger partial charge in [0.25, 0.3) is 0 Å². The zero-order chi connectivity index (χ0) is 12.6. The second-order valence-corrected chi connectivity index (χ2v) is 5.24. The van der Waals surface area contributed by atoms with E-state index in [1.165, 1.54) is 25.9 Å². The standard InChI is InChI=1S/C8H17NO.C5H11N/c1-5-6-7(9)10-8(2,3)4;1-6-4-2-3-5-6/h6H,5,9H2,1-4H3;2-5H2,1H3/b7-6-;. The van der Waals surface area contributed by atoms with Gasteiger partial charge in [-0.15, -0.1) is 0 Å². The van der Waals surface area contributed by atoms with Gasteiger partial charge in [0.05, 0.1) is 0 Å². The molecule has 1 saturated heterocycles. The summed E-state index contributed by atoms with van der Waals surface area (Å²) in [6, 6.07) is 0. The molecule has 1 rings (SSSR count). The summed E-state index contributed by atoms with van der Waals surface area (Å²) in [6.45, 7) is 10.6. The average Bonchev–Trinajstić information content (AvgIpc) is 2.53. The lowest BCUT2D eigenvalue weighted by Gasteiger charge is -2.20. The van der Waals surface area contributed by atoms with Crippen LogP contribution in [0, 0.1) is 0 Å². The smallest absolute Gasteiger partial charge is 0.180 e. The molecule has 0 unspecified atom stereocenters. The normalized spacial score (nSPS) is 17.9. The van der Waals surface area contributed by atoms with Gasteiger partial charge in [-0.05, 0) is 66.2 Å². The Balaban J connectivity index is 0.000000315. The summed E-state index contributed by atoms with van der Waals surface area (Å²) >= 11 is 0. The minimum atomic E-state index is -0.171. The van der Waals surface area contributed by atoms with Crippen LogP contribution in [0.4, 0.5) is 0 Å². The highest BCUT2D eigenvalue weighted by atomic mass is 16.5. The van der Waals surface area contributed by atoms with Gasteiger partial charge in [0.15, 0.2) is 5.88 Å². The summed E-state index contributed by atoms with van der Waals surface area (Å²) in [5.74, 6) is 0.523. The molecule has 0 radical (unpaired) electrons. The minimum absolute atomic E-state index is 0.171. The van der Waals surface area contributed by atoms with Crippen LogP contribution >= 0.6 is 0 Å². The molecule has 1 fully saturated rings. The lowest BCUT2D eigenvalue weighted by Crippen LogP contribution is -2.21. The summed E-state index contributed by atoms with van der Waals surface area (Å²) in [4.78, 5) is 2.36. The van der Waals surface area contributed by atoms with Gasteiger partial charge < -0.3 is 15.4 Å². The van der Waals surface area contributed by atoms with Gasteiger partial charge in [0.2, 0.25) is 0 Å². The van der Waals surface area contributed by atoms with Crippen molar-refractivity contribution in [3.8, 4) is 0 Å². The zero-order valence-corrected chi connectivity index (χ0v) is 11.5. The van der Waals surface area contributed by atoms with E-state index >= 15 is 0 Å². The molecular weight excluding hydrogens is 200 g/mol. The molecule has 96 valence electrons. The average molecular weight is 228 g/mol. The number of nitrogens with two attached hydrogens (primary N) is 1. The van der Waals surface area contributed by atoms with Gasteiger partial charge in [-0.1, -0.05) is 6.92 Å². The van der Waals surface area contributed by atoms with E-state index in [-0.39, 0.29) is 5.60 Å². The first-order valence-electron chi connectivity index (χ1n) is 6.18. The summed E-state index contributed by atoms with van der Waals surface area (Å²) in [7, 11) is 2.17. The summed E-state index contributed by atoms with van der Waals surface area (Å²) in [6.07, 6.45) is 5.61. The molecule has 0 aromatic heterocycles.